The maximum absolute atomic E-state index is 11.6. The van der Waals surface area contributed by atoms with Crippen molar-refractivity contribution in [1.82, 2.24) is 0 Å². The van der Waals surface area contributed by atoms with E-state index in [1.165, 1.54) is 70.6 Å². The summed E-state index contributed by atoms with van der Waals surface area (Å²) in [4.78, 5) is 11.6. The molecule has 0 aromatic carbocycles. The Balaban J connectivity index is 3.25. The number of likely N-dealkylation sites (N-methyl/N-ethyl adjacent to an activating group) is 1. The second-order valence-corrected chi connectivity index (χ2v) is 10.7. The van der Waals surface area contributed by atoms with Crippen LogP contribution in [0.15, 0.2) is 0 Å². The first kappa shape index (κ1) is 31.0. The highest BCUT2D eigenvalue weighted by Gasteiger charge is 2.13. The second-order valence-electron chi connectivity index (χ2n) is 9.24. The molecular weight excluding hydrogens is 417 g/mol. The Morgan fingerprint density at radius 1 is 0.613 bits per heavy atom. The normalized spacial score (nSPS) is 14.1. The van der Waals surface area contributed by atoms with Crippen molar-refractivity contribution in [3.05, 3.63) is 0 Å². The number of phosphoric ester groups is 1. The minimum atomic E-state index is -4.24. The van der Waals surface area contributed by atoms with Gasteiger partial charge < -0.3 is 27.9 Å². The first-order valence-electron chi connectivity index (χ1n) is 12.3. The molecule has 0 rings (SSSR count). The van der Waals surface area contributed by atoms with Crippen LogP contribution in [-0.4, -0.2) is 71.8 Å². The van der Waals surface area contributed by atoms with Gasteiger partial charge in [0.1, 0.15) is 13.2 Å². The Morgan fingerprint density at radius 2 is 1.03 bits per heavy atom. The van der Waals surface area contributed by atoms with E-state index in [1.54, 1.807) is 0 Å². The fraction of sp³-hybridized carbons (Fsp3) is 1.00. The zero-order chi connectivity index (χ0) is 23.3. The lowest BCUT2D eigenvalue weighted by Crippen LogP contribution is -2.37. The zero-order valence-electron chi connectivity index (χ0n) is 20.8. The molecule has 0 radical (unpaired) electrons. The SMILES string of the molecule is CCCCCCCCCCCCCCOCCOCCOP(=O)([O-])OCC[N+](C)(C)C. The zero-order valence-corrected chi connectivity index (χ0v) is 21.7. The lowest BCUT2D eigenvalue weighted by atomic mass is 10.1. The molecular formula is C23H50NO6P. The Hall–Kier alpha value is -0.0100. The third-order valence-corrected chi connectivity index (χ3v) is 6.00. The largest absolute Gasteiger partial charge is 0.756 e. The molecule has 188 valence electrons. The molecule has 1 unspecified atom stereocenters. The molecule has 0 N–H and O–H groups in total. The highest BCUT2D eigenvalue weighted by molar-refractivity contribution is 7.45. The predicted octanol–water partition coefficient (Wildman–Crippen LogP) is 4.93. The minimum absolute atomic E-state index is 0.0378. The predicted molar refractivity (Wildman–Crippen MR) is 125 cm³/mol. The van der Waals surface area contributed by atoms with Crippen molar-refractivity contribution in [2.45, 2.75) is 84.0 Å². The fourth-order valence-corrected chi connectivity index (χ4v) is 3.72. The number of nitrogens with zero attached hydrogens (tertiary/aromatic N) is 1. The van der Waals surface area contributed by atoms with E-state index in [1.807, 2.05) is 21.1 Å². The van der Waals surface area contributed by atoms with Gasteiger partial charge in [0.15, 0.2) is 0 Å². The third kappa shape index (κ3) is 26.1. The Morgan fingerprint density at radius 3 is 1.55 bits per heavy atom. The minimum Gasteiger partial charge on any atom is -0.756 e. The lowest BCUT2D eigenvalue weighted by Gasteiger charge is -2.27. The van der Waals surface area contributed by atoms with Crippen molar-refractivity contribution in [3.63, 3.8) is 0 Å². The average Bonchev–Trinajstić information content (AvgIpc) is 2.68. The van der Waals surface area contributed by atoms with Crippen molar-refractivity contribution in [2.75, 3.05) is 67.3 Å². The number of hydrogen-bond donors (Lipinski definition) is 0. The average molecular weight is 468 g/mol. The van der Waals surface area contributed by atoms with Gasteiger partial charge in [0.25, 0.3) is 7.82 Å². The maximum atomic E-state index is 11.6. The lowest BCUT2D eigenvalue weighted by molar-refractivity contribution is -0.870. The molecule has 0 aliphatic rings. The van der Waals surface area contributed by atoms with Gasteiger partial charge >= 0.3 is 0 Å². The van der Waals surface area contributed by atoms with Gasteiger partial charge in [-0.25, -0.2) is 0 Å². The summed E-state index contributed by atoms with van der Waals surface area (Å²) in [7, 11) is 1.66. The van der Waals surface area contributed by atoms with E-state index in [4.69, 9.17) is 18.5 Å². The van der Waals surface area contributed by atoms with Crippen molar-refractivity contribution in [2.24, 2.45) is 0 Å². The first-order valence-corrected chi connectivity index (χ1v) is 13.8. The quantitative estimate of drug-likeness (QED) is 0.114. The van der Waals surface area contributed by atoms with Gasteiger partial charge in [-0.2, -0.15) is 0 Å². The molecule has 31 heavy (non-hydrogen) atoms. The van der Waals surface area contributed by atoms with Gasteiger partial charge in [0.2, 0.25) is 0 Å². The van der Waals surface area contributed by atoms with E-state index in [9.17, 15) is 9.46 Å². The van der Waals surface area contributed by atoms with E-state index >= 15 is 0 Å². The molecule has 0 bridgehead atoms. The number of phosphoric acid groups is 1. The topological polar surface area (TPSA) is 77.1 Å². The van der Waals surface area contributed by atoms with Gasteiger partial charge in [-0.1, -0.05) is 77.6 Å². The maximum Gasteiger partial charge on any atom is 0.268 e. The third-order valence-electron chi connectivity index (χ3n) is 5.00. The summed E-state index contributed by atoms with van der Waals surface area (Å²) in [6.07, 6.45) is 16.0. The highest BCUT2D eigenvalue weighted by atomic mass is 31.2. The van der Waals surface area contributed by atoms with Crippen molar-refractivity contribution in [3.8, 4) is 0 Å². The van der Waals surface area contributed by atoms with Crippen LogP contribution in [-0.2, 0) is 23.1 Å². The highest BCUT2D eigenvalue weighted by Crippen LogP contribution is 2.37. The van der Waals surface area contributed by atoms with Crippen LogP contribution in [0.2, 0.25) is 0 Å². The van der Waals surface area contributed by atoms with Crippen LogP contribution >= 0.6 is 7.82 Å². The molecule has 0 aliphatic carbocycles. The second kappa shape index (κ2) is 20.6. The van der Waals surface area contributed by atoms with Crippen LogP contribution in [0.3, 0.4) is 0 Å². The molecule has 0 aliphatic heterocycles. The van der Waals surface area contributed by atoms with Gasteiger partial charge in [-0.15, -0.1) is 0 Å². The molecule has 0 amide bonds. The fourth-order valence-electron chi connectivity index (χ4n) is 3.04. The Labute approximate surface area is 192 Å². The molecule has 0 saturated heterocycles. The van der Waals surface area contributed by atoms with Gasteiger partial charge in [0, 0.05) is 6.61 Å². The summed E-state index contributed by atoms with van der Waals surface area (Å²) in [5, 5.41) is 0. The van der Waals surface area contributed by atoms with Crippen molar-refractivity contribution >= 4 is 7.82 Å². The number of quaternary nitrogens is 1. The molecule has 8 heteroatoms. The summed E-state index contributed by atoms with van der Waals surface area (Å²) in [6.45, 7) is 4.84. The summed E-state index contributed by atoms with van der Waals surface area (Å²) < 4.78 is 32.7. The number of unbranched alkanes of at least 4 members (excludes halogenated alkanes) is 11. The van der Waals surface area contributed by atoms with Crippen LogP contribution in [0, 0.1) is 0 Å². The van der Waals surface area contributed by atoms with Gasteiger partial charge in [-0.05, 0) is 6.42 Å². The summed E-state index contributed by atoms with van der Waals surface area (Å²) >= 11 is 0. The van der Waals surface area contributed by atoms with Crippen LogP contribution in [0.1, 0.15) is 84.0 Å². The molecule has 1 atom stereocenters. The Kier molecular flexibility index (Phi) is 20.6. The Bertz CT molecular complexity index is 431. The molecule has 0 aromatic heterocycles. The summed E-state index contributed by atoms with van der Waals surface area (Å²) in [5.74, 6) is 0. The molecule has 7 nitrogen and oxygen atoms in total. The van der Waals surface area contributed by atoms with Crippen LogP contribution < -0.4 is 4.89 Å². The summed E-state index contributed by atoms with van der Waals surface area (Å²) in [5.41, 5.74) is 0. The van der Waals surface area contributed by atoms with Crippen molar-refractivity contribution in [1.29, 1.82) is 0 Å². The van der Waals surface area contributed by atoms with Gasteiger partial charge in [0.05, 0.1) is 47.6 Å². The smallest absolute Gasteiger partial charge is 0.268 e. The standard InChI is InChI=1S/C23H50NO6P/c1-5-6-7-8-9-10-11-12-13-14-15-16-18-27-20-21-28-22-23-30-31(25,26)29-19-17-24(2,3)4/h5-23H2,1-4H3. The van der Waals surface area contributed by atoms with Crippen molar-refractivity contribution < 1.29 is 32.5 Å². The van der Waals surface area contributed by atoms with Crippen LogP contribution in [0.25, 0.3) is 0 Å². The van der Waals surface area contributed by atoms with E-state index in [0.29, 0.717) is 24.2 Å². The van der Waals surface area contributed by atoms with E-state index in [0.717, 1.165) is 13.0 Å². The van der Waals surface area contributed by atoms with Crippen LogP contribution in [0.4, 0.5) is 0 Å². The molecule has 0 spiro atoms. The molecule has 0 heterocycles. The van der Waals surface area contributed by atoms with E-state index in [2.05, 4.69) is 6.92 Å². The van der Waals surface area contributed by atoms with Crippen LogP contribution in [0.5, 0.6) is 0 Å². The first-order chi connectivity index (χ1) is 14.8. The van der Waals surface area contributed by atoms with E-state index in [-0.39, 0.29) is 19.8 Å². The summed E-state index contributed by atoms with van der Waals surface area (Å²) in [6, 6.07) is 0. The molecule has 0 fully saturated rings. The molecule has 0 aromatic rings. The van der Waals surface area contributed by atoms with E-state index < -0.39 is 7.82 Å². The monoisotopic (exact) mass is 467 g/mol. The number of ether oxygens (including phenoxy) is 2. The number of rotatable bonds is 24. The van der Waals surface area contributed by atoms with Gasteiger partial charge in [-0.3, -0.25) is 4.57 Å². The molecule has 0 saturated carbocycles. The number of hydrogen-bond acceptors (Lipinski definition) is 6.